The number of rotatable bonds is 4. The van der Waals surface area contributed by atoms with Crippen molar-refractivity contribution in [1.29, 1.82) is 0 Å². The Morgan fingerprint density at radius 3 is 2.78 bits per heavy atom. The molecule has 1 aromatic carbocycles. The van der Waals surface area contributed by atoms with E-state index in [0.717, 1.165) is 17.4 Å². The topological polar surface area (TPSA) is 103 Å². The van der Waals surface area contributed by atoms with E-state index in [1.165, 1.54) is 30.6 Å². The number of benzene rings is 1. The van der Waals surface area contributed by atoms with Gasteiger partial charge >= 0.3 is 0 Å². The molecule has 0 aliphatic carbocycles. The quantitative estimate of drug-likeness (QED) is 0.614. The fourth-order valence-electron chi connectivity index (χ4n) is 2.21. The highest BCUT2D eigenvalue weighted by Crippen LogP contribution is 2.30. The summed E-state index contributed by atoms with van der Waals surface area (Å²) in [6.45, 7) is 3.39. The Hall–Kier alpha value is -3.04. The van der Waals surface area contributed by atoms with Crippen LogP contribution in [0.3, 0.4) is 0 Å². The fraction of sp³-hybridized carbons (Fsp3) is 0. The van der Waals surface area contributed by atoms with E-state index in [9.17, 15) is 8.78 Å². The maximum atomic E-state index is 14.3. The van der Waals surface area contributed by atoms with Crippen molar-refractivity contribution < 1.29 is 8.78 Å². The number of nitrogens with zero attached hydrogens (tertiary/aromatic N) is 3. The molecule has 5 N–H and O–H groups in total. The summed E-state index contributed by atoms with van der Waals surface area (Å²) in [5, 5.41) is 3.04. The second-order valence-electron chi connectivity index (χ2n) is 5.21. The second-order valence-corrected chi connectivity index (χ2v) is 6.62. The Morgan fingerprint density at radius 1 is 1.33 bits per heavy atom. The lowest BCUT2D eigenvalue weighted by atomic mass is 10.2. The van der Waals surface area contributed by atoms with Crippen molar-refractivity contribution in [3.05, 3.63) is 64.0 Å². The van der Waals surface area contributed by atoms with Crippen LogP contribution < -0.4 is 26.7 Å². The van der Waals surface area contributed by atoms with E-state index >= 15 is 0 Å². The monoisotopic (exact) mass is 406 g/mol. The summed E-state index contributed by atoms with van der Waals surface area (Å²) in [5.74, 6) is -0.706. The Morgan fingerprint density at radius 2 is 2.11 bits per heavy atom. The SMILES string of the molecule is C=C/C(F)=c1/nc(-c2c(F)cccc2Cl)s/c1=C(/N)Nc1cc(N)ncn1. The Kier molecular flexibility index (Phi) is 5.33. The number of nitrogen functional groups attached to an aromatic ring is 1. The lowest BCUT2D eigenvalue weighted by Gasteiger charge is -2.04. The van der Waals surface area contributed by atoms with Crippen LogP contribution >= 0.6 is 22.9 Å². The molecule has 0 aliphatic rings. The number of nitrogens with one attached hydrogen (secondary N) is 1. The highest BCUT2D eigenvalue weighted by atomic mass is 35.5. The van der Waals surface area contributed by atoms with Gasteiger partial charge in [0.1, 0.15) is 45.8 Å². The Labute approximate surface area is 161 Å². The molecule has 138 valence electrons. The average molecular weight is 407 g/mol. The van der Waals surface area contributed by atoms with Crippen LogP contribution in [-0.4, -0.2) is 15.0 Å². The summed E-state index contributed by atoms with van der Waals surface area (Å²) in [7, 11) is 0. The summed E-state index contributed by atoms with van der Waals surface area (Å²) in [5.41, 5.74) is 11.7. The minimum absolute atomic E-state index is 0.0521. The number of hydrogen-bond acceptors (Lipinski definition) is 7. The molecule has 10 heteroatoms. The lowest BCUT2D eigenvalue weighted by Crippen LogP contribution is -2.31. The van der Waals surface area contributed by atoms with Crippen molar-refractivity contribution in [3.63, 3.8) is 0 Å². The number of halogens is 3. The molecule has 0 radical (unpaired) electrons. The summed E-state index contributed by atoms with van der Waals surface area (Å²) in [4.78, 5) is 11.9. The van der Waals surface area contributed by atoms with Gasteiger partial charge in [-0.25, -0.2) is 23.7 Å². The van der Waals surface area contributed by atoms with Gasteiger partial charge in [0.25, 0.3) is 0 Å². The third-order valence-electron chi connectivity index (χ3n) is 3.40. The number of aromatic nitrogens is 3. The molecule has 0 aliphatic heterocycles. The van der Waals surface area contributed by atoms with Gasteiger partial charge in [-0.2, -0.15) is 0 Å². The van der Waals surface area contributed by atoms with E-state index in [1.54, 1.807) is 0 Å². The van der Waals surface area contributed by atoms with Crippen LogP contribution in [0.2, 0.25) is 5.02 Å². The molecule has 6 nitrogen and oxygen atoms in total. The first kappa shape index (κ1) is 18.7. The zero-order valence-corrected chi connectivity index (χ0v) is 15.3. The van der Waals surface area contributed by atoms with Crippen LogP contribution in [0.25, 0.3) is 22.2 Å². The smallest absolute Gasteiger partial charge is 0.149 e. The first-order valence-corrected chi connectivity index (χ1v) is 8.68. The molecule has 0 saturated heterocycles. The molecule has 0 atom stereocenters. The van der Waals surface area contributed by atoms with Crippen molar-refractivity contribution in [2.45, 2.75) is 0 Å². The predicted molar refractivity (Wildman–Crippen MR) is 104 cm³/mol. The summed E-state index contributed by atoms with van der Waals surface area (Å²) in [6, 6.07) is 5.68. The van der Waals surface area contributed by atoms with Gasteiger partial charge in [0, 0.05) is 6.07 Å². The maximum Gasteiger partial charge on any atom is 0.149 e. The molecule has 27 heavy (non-hydrogen) atoms. The van der Waals surface area contributed by atoms with Crippen LogP contribution in [-0.2, 0) is 0 Å². The van der Waals surface area contributed by atoms with E-state index in [0.29, 0.717) is 5.82 Å². The molecule has 2 aromatic heterocycles. The number of thiazole rings is 1. The number of allylic oxidation sites excluding steroid dienone is 1. The zero-order valence-electron chi connectivity index (χ0n) is 13.7. The van der Waals surface area contributed by atoms with Crippen molar-refractivity contribution in [1.82, 2.24) is 15.0 Å². The molecule has 3 aromatic rings. The largest absolute Gasteiger partial charge is 0.384 e. The van der Waals surface area contributed by atoms with Gasteiger partial charge in [-0.15, -0.1) is 11.3 Å². The van der Waals surface area contributed by atoms with Crippen molar-refractivity contribution in [2.24, 2.45) is 5.73 Å². The molecule has 0 unspecified atom stereocenters. The first-order valence-electron chi connectivity index (χ1n) is 7.48. The van der Waals surface area contributed by atoms with Gasteiger partial charge in [0.05, 0.1) is 15.1 Å². The van der Waals surface area contributed by atoms with Gasteiger partial charge in [-0.05, 0) is 18.2 Å². The van der Waals surface area contributed by atoms with Gasteiger partial charge in [-0.1, -0.05) is 24.2 Å². The molecule has 2 heterocycles. The number of anilines is 2. The van der Waals surface area contributed by atoms with E-state index < -0.39 is 11.6 Å². The Balaban J connectivity index is 2.23. The van der Waals surface area contributed by atoms with Gasteiger partial charge in [0.15, 0.2) is 0 Å². The van der Waals surface area contributed by atoms with Crippen LogP contribution in [0, 0.1) is 5.82 Å². The van der Waals surface area contributed by atoms with E-state index in [-0.39, 0.29) is 37.1 Å². The molecular formula is C17H13ClF2N6S. The zero-order chi connectivity index (χ0) is 19.6. The summed E-state index contributed by atoms with van der Waals surface area (Å²) in [6.07, 6.45) is 2.24. The third-order valence-corrected chi connectivity index (χ3v) is 4.83. The minimum Gasteiger partial charge on any atom is -0.384 e. The van der Waals surface area contributed by atoms with E-state index in [2.05, 4.69) is 26.8 Å². The maximum absolute atomic E-state index is 14.3. The molecule has 0 amide bonds. The number of hydrogen-bond donors (Lipinski definition) is 3. The minimum atomic E-state index is -0.716. The van der Waals surface area contributed by atoms with Gasteiger partial charge < -0.3 is 16.8 Å². The molecule has 0 fully saturated rings. The van der Waals surface area contributed by atoms with Crippen molar-refractivity contribution in [2.75, 3.05) is 11.1 Å². The molecule has 0 bridgehead atoms. The molecule has 3 rings (SSSR count). The highest BCUT2D eigenvalue weighted by Gasteiger charge is 2.15. The average Bonchev–Trinajstić information content (AvgIpc) is 3.06. The summed E-state index contributed by atoms with van der Waals surface area (Å²) >= 11 is 7.06. The number of nitrogens with two attached hydrogens (primary N) is 2. The van der Waals surface area contributed by atoms with Crippen LogP contribution in [0.4, 0.5) is 20.4 Å². The fourth-order valence-corrected chi connectivity index (χ4v) is 3.55. The van der Waals surface area contributed by atoms with Crippen molar-refractivity contribution >= 4 is 46.2 Å². The normalized spacial score (nSPS) is 13.1. The standard InChI is InChI=1S/C17H13ClF2N6S/c1-2-9(19)14-15(16(22)25-12-6-11(21)23-7-24-12)27-17(26-14)13-8(18)4-3-5-10(13)20/h2-7H,1,22H2,(H3,21,23,24,25)/b14-9-,16-15-. The third kappa shape index (κ3) is 3.88. The molecule has 0 saturated carbocycles. The predicted octanol–water partition coefficient (Wildman–Crippen LogP) is 2.37. The van der Waals surface area contributed by atoms with Crippen LogP contribution in [0.1, 0.15) is 0 Å². The summed E-state index contributed by atoms with van der Waals surface area (Å²) < 4.78 is 28.8. The van der Waals surface area contributed by atoms with E-state index in [4.69, 9.17) is 23.1 Å². The Bertz CT molecular complexity index is 1120. The second kappa shape index (κ2) is 7.68. The van der Waals surface area contributed by atoms with Gasteiger partial charge in [0.2, 0.25) is 0 Å². The van der Waals surface area contributed by atoms with Crippen molar-refractivity contribution in [3.8, 4) is 10.6 Å². The lowest BCUT2D eigenvalue weighted by molar-refractivity contribution is 0.631. The van der Waals surface area contributed by atoms with Crippen LogP contribution in [0.5, 0.6) is 0 Å². The van der Waals surface area contributed by atoms with Gasteiger partial charge in [-0.3, -0.25) is 0 Å². The van der Waals surface area contributed by atoms with E-state index in [1.807, 2.05) is 0 Å². The molecule has 0 spiro atoms. The molecular weight excluding hydrogens is 394 g/mol. The van der Waals surface area contributed by atoms with Crippen LogP contribution in [0.15, 0.2) is 43.2 Å². The highest BCUT2D eigenvalue weighted by molar-refractivity contribution is 7.13. The first-order chi connectivity index (χ1) is 12.9.